The Kier molecular flexibility index (Phi) is 4.92. The van der Waals surface area contributed by atoms with E-state index in [0.29, 0.717) is 11.6 Å². The van der Waals surface area contributed by atoms with Gasteiger partial charge in [-0.2, -0.15) is 0 Å². The van der Waals surface area contributed by atoms with E-state index in [2.05, 4.69) is 17.6 Å². The molecular formula is C14H21N3O3. The molecule has 20 heavy (non-hydrogen) atoms. The first-order valence-corrected chi connectivity index (χ1v) is 6.89. The zero-order valence-corrected chi connectivity index (χ0v) is 11.9. The summed E-state index contributed by atoms with van der Waals surface area (Å²) in [6.07, 6.45) is 0.918. The van der Waals surface area contributed by atoms with Crippen molar-refractivity contribution in [3.8, 4) is 0 Å². The molecule has 0 bridgehead atoms. The molecule has 2 N–H and O–H groups in total. The summed E-state index contributed by atoms with van der Waals surface area (Å²) in [4.78, 5) is 10.6. The zero-order chi connectivity index (χ0) is 14.5. The van der Waals surface area contributed by atoms with E-state index in [1.165, 1.54) is 0 Å². The van der Waals surface area contributed by atoms with Gasteiger partial charge in [-0.15, -0.1) is 0 Å². The quantitative estimate of drug-likeness (QED) is 0.637. The van der Waals surface area contributed by atoms with Crippen LogP contribution in [0.2, 0.25) is 0 Å². The van der Waals surface area contributed by atoms with Gasteiger partial charge in [0.2, 0.25) is 0 Å². The van der Waals surface area contributed by atoms with Gasteiger partial charge in [-0.3, -0.25) is 10.1 Å². The third kappa shape index (κ3) is 3.91. The molecule has 0 spiro atoms. The second-order valence-corrected chi connectivity index (χ2v) is 5.27. The first-order chi connectivity index (χ1) is 9.56. The van der Waals surface area contributed by atoms with Crippen LogP contribution in [-0.2, 0) is 4.74 Å². The number of rotatable bonds is 5. The number of nitro benzene ring substituents is 1. The van der Waals surface area contributed by atoms with E-state index in [1.807, 2.05) is 6.07 Å². The number of hydrogen-bond acceptors (Lipinski definition) is 5. The highest BCUT2D eigenvalue weighted by atomic mass is 16.6. The number of nitrogens with one attached hydrogen (secondary N) is 2. The van der Waals surface area contributed by atoms with Crippen LogP contribution >= 0.6 is 0 Å². The van der Waals surface area contributed by atoms with E-state index >= 15 is 0 Å². The average molecular weight is 279 g/mol. The minimum absolute atomic E-state index is 0.154. The first kappa shape index (κ1) is 14.7. The molecule has 1 heterocycles. The molecule has 110 valence electrons. The summed E-state index contributed by atoms with van der Waals surface area (Å²) in [5, 5.41) is 17.6. The minimum Gasteiger partial charge on any atom is -0.382 e. The Balaban J connectivity index is 1.95. The highest BCUT2D eigenvalue weighted by Crippen LogP contribution is 2.23. The SMILES string of the molecule is Cc1ccc(NC(C)CC2COCCN2)cc1[N+](=O)[O-]. The van der Waals surface area contributed by atoms with Crippen LogP contribution in [0.3, 0.4) is 0 Å². The topological polar surface area (TPSA) is 76.4 Å². The average Bonchev–Trinajstić information content (AvgIpc) is 2.41. The van der Waals surface area contributed by atoms with Crippen molar-refractivity contribution < 1.29 is 9.66 Å². The Morgan fingerprint density at radius 3 is 3.05 bits per heavy atom. The summed E-state index contributed by atoms with van der Waals surface area (Å²) in [5.41, 5.74) is 1.61. The molecule has 0 aliphatic carbocycles. The molecule has 0 radical (unpaired) electrons. The molecule has 2 atom stereocenters. The van der Waals surface area contributed by atoms with Crippen LogP contribution < -0.4 is 10.6 Å². The van der Waals surface area contributed by atoms with E-state index in [-0.39, 0.29) is 16.7 Å². The molecule has 2 rings (SSSR count). The molecule has 1 aromatic rings. The van der Waals surface area contributed by atoms with E-state index in [1.54, 1.807) is 19.1 Å². The highest BCUT2D eigenvalue weighted by molar-refractivity contribution is 5.55. The summed E-state index contributed by atoms with van der Waals surface area (Å²) in [7, 11) is 0. The third-order valence-electron chi connectivity index (χ3n) is 3.46. The second-order valence-electron chi connectivity index (χ2n) is 5.27. The van der Waals surface area contributed by atoms with Crippen LogP contribution in [0.5, 0.6) is 0 Å². The Morgan fingerprint density at radius 2 is 2.40 bits per heavy atom. The van der Waals surface area contributed by atoms with Gasteiger partial charge in [0.15, 0.2) is 0 Å². The molecule has 1 aliphatic heterocycles. The van der Waals surface area contributed by atoms with Crippen LogP contribution in [0.4, 0.5) is 11.4 Å². The zero-order valence-electron chi connectivity index (χ0n) is 11.9. The predicted molar refractivity (Wildman–Crippen MR) is 78.1 cm³/mol. The van der Waals surface area contributed by atoms with Crippen molar-refractivity contribution in [2.75, 3.05) is 25.1 Å². The Labute approximate surface area is 118 Å². The largest absolute Gasteiger partial charge is 0.382 e. The third-order valence-corrected chi connectivity index (χ3v) is 3.46. The summed E-state index contributed by atoms with van der Waals surface area (Å²) in [6, 6.07) is 5.80. The van der Waals surface area contributed by atoms with E-state index in [4.69, 9.17) is 4.74 Å². The van der Waals surface area contributed by atoms with Crippen molar-refractivity contribution in [1.82, 2.24) is 5.32 Å². The first-order valence-electron chi connectivity index (χ1n) is 6.89. The number of nitro groups is 1. The van der Waals surface area contributed by atoms with Crippen molar-refractivity contribution in [2.45, 2.75) is 32.4 Å². The number of morpholine rings is 1. The van der Waals surface area contributed by atoms with Gasteiger partial charge in [0.25, 0.3) is 5.69 Å². The van der Waals surface area contributed by atoms with Gasteiger partial charge in [0, 0.05) is 35.9 Å². The number of anilines is 1. The summed E-state index contributed by atoms with van der Waals surface area (Å²) in [6.45, 7) is 6.19. The van der Waals surface area contributed by atoms with Crippen LogP contribution in [0.15, 0.2) is 18.2 Å². The molecule has 6 nitrogen and oxygen atoms in total. The van der Waals surface area contributed by atoms with Gasteiger partial charge in [-0.25, -0.2) is 0 Å². The Morgan fingerprint density at radius 1 is 1.60 bits per heavy atom. The maximum atomic E-state index is 10.9. The molecular weight excluding hydrogens is 258 g/mol. The Bertz CT molecular complexity index is 473. The fourth-order valence-corrected chi connectivity index (χ4v) is 2.44. The van der Waals surface area contributed by atoms with Crippen LogP contribution in [-0.4, -0.2) is 36.8 Å². The number of hydrogen-bond donors (Lipinski definition) is 2. The fourth-order valence-electron chi connectivity index (χ4n) is 2.44. The summed E-state index contributed by atoms with van der Waals surface area (Å²) >= 11 is 0. The van der Waals surface area contributed by atoms with Crippen molar-refractivity contribution in [3.63, 3.8) is 0 Å². The van der Waals surface area contributed by atoms with Crippen LogP contribution in [0.1, 0.15) is 18.9 Å². The smallest absolute Gasteiger partial charge is 0.274 e. The summed E-state index contributed by atoms with van der Waals surface area (Å²) < 4.78 is 5.42. The van der Waals surface area contributed by atoms with Crippen molar-refractivity contribution in [3.05, 3.63) is 33.9 Å². The molecule has 1 aromatic carbocycles. The molecule has 1 saturated heterocycles. The number of aryl methyl sites for hydroxylation is 1. The molecule has 1 fully saturated rings. The minimum atomic E-state index is -0.346. The standard InChI is InChI=1S/C14H21N3O3/c1-10-3-4-12(8-14(10)17(18)19)16-11(2)7-13-9-20-6-5-15-13/h3-4,8,11,13,15-16H,5-7,9H2,1-2H3. The van der Waals surface area contributed by atoms with Gasteiger partial charge in [-0.1, -0.05) is 6.07 Å². The number of nitrogens with zero attached hydrogens (tertiary/aromatic N) is 1. The van der Waals surface area contributed by atoms with Crippen LogP contribution in [0, 0.1) is 17.0 Å². The molecule has 1 aliphatic rings. The monoisotopic (exact) mass is 279 g/mol. The lowest BCUT2D eigenvalue weighted by molar-refractivity contribution is -0.385. The lowest BCUT2D eigenvalue weighted by Gasteiger charge is -2.27. The second kappa shape index (κ2) is 6.67. The number of ether oxygens (including phenoxy) is 1. The van der Waals surface area contributed by atoms with E-state index in [9.17, 15) is 10.1 Å². The van der Waals surface area contributed by atoms with Gasteiger partial charge in [0.05, 0.1) is 18.1 Å². The van der Waals surface area contributed by atoms with Crippen LogP contribution in [0.25, 0.3) is 0 Å². The van der Waals surface area contributed by atoms with Crippen molar-refractivity contribution in [1.29, 1.82) is 0 Å². The summed E-state index contributed by atoms with van der Waals surface area (Å²) in [5.74, 6) is 0. The van der Waals surface area contributed by atoms with E-state index < -0.39 is 0 Å². The van der Waals surface area contributed by atoms with E-state index in [0.717, 1.165) is 31.9 Å². The highest BCUT2D eigenvalue weighted by Gasteiger charge is 2.17. The molecule has 0 amide bonds. The Hall–Kier alpha value is -1.66. The van der Waals surface area contributed by atoms with Gasteiger partial charge in [-0.05, 0) is 26.3 Å². The molecule has 0 saturated carbocycles. The maximum absolute atomic E-state index is 10.9. The molecule has 6 heteroatoms. The van der Waals surface area contributed by atoms with Crippen molar-refractivity contribution in [2.24, 2.45) is 0 Å². The van der Waals surface area contributed by atoms with Gasteiger partial charge in [0.1, 0.15) is 0 Å². The fraction of sp³-hybridized carbons (Fsp3) is 0.571. The lowest BCUT2D eigenvalue weighted by atomic mass is 10.1. The van der Waals surface area contributed by atoms with Gasteiger partial charge < -0.3 is 15.4 Å². The molecule has 0 aromatic heterocycles. The van der Waals surface area contributed by atoms with Gasteiger partial charge >= 0.3 is 0 Å². The normalized spacial score (nSPS) is 20.4. The lowest BCUT2D eigenvalue weighted by Crippen LogP contribution is -2.43. The molecule has 2 unspecified atom stereocenters. The van der Waals surface area contributed by atoms with Crippen molar-refractivity contribution >= 4 is 11.4 Å². The predicted octanol–water partition coefficient (Wildman–Crippen LogP) is 2.08. The maximum Gasteiger partial charge on any atom is 0.274 e. The number of benzene rings is 1.